The lowest BCUT2D eigenvalue weighted by molar-refractivity contribution is -0.122. The second-order valence-electron chi connectivity index (χ2n) is 5.21. The van der Waals surface area contributed by atoms with Gasteiger partial charge in [-0.3, -0.25) is 4.79 Å². The summed E-state index contributed by atoms with van der Waals surface area (Å²) in [6.07, 6.45) is -0.750. The van der Waals surface area contributed by atoms with E-state index in [0.29, 0.717) is 5.75 Å². The van der Waals surface area contributed by atoms with Crippen molar-refractivity contribution in [1.82, 2.24) is 0 Å². The fraction of sp³-hybridized carbons (Fsp3) is 0.105. The minimum Gasteiger partial charge on any atom is -0.480 e. The molecule has 0 radical (unpaired) electrons. The van der Waals surface area contributed by atoms with Crippen molar-refractivity contribution < 1.29 is 13.9 Å². The second-order valence-corrected chi connectivity index (χ2v) is 5.21. The minimum absolute atomic E-state index is 0.144. The molecule has 0 aliphatic heterocycles. The first-order valence-corrected chi connectivity index (χ1v) is 7.35. The molecule has 0 saturated carbocycles. The van der Waals surface area contributed by atoms with Crippen LogP contribution in [-0.2, 0) is 4.79 Å². The van der Waals surface area contributed by atoms with Crippen molar-refractivity contribution in [2.75, 3.05) is 5.32 Å². The van der Waals surface area contributed by atoms with Gasteiger partial charge in [-0.2, -0.15) is 0 Å². The van der Waals surface area contributed by atoms with Gasteiger partial charge in [-0.25, -0.2) is 4.39 Å². The number of rotatable bonds is 4. The van der Waals surface area contributed by atoms with Crippen LogP contribution in [0.5, 0.6) is 5.75 Å². The molecular formula is C19H16FNO2. The molecule has 1 atom stereocenters. The summed E-state index contributed by atoms with van der Waals surface area (Å²) in [5, 5.41) is 4.50. The highest BCUT2D eigenvalue weighted by molar-refractivity contribution is 5.95. The molecule has 3 nitrogen and oxygen atoms in total. The summed E-state index contributed by atoms with van der Waals surface area (Å²) in [5.41, 5.74) is 0.144. The van der Waals surface area contributed by atoms with Crippen LogP contribution < -0.4 is 10.1 Å². The highest BCUT2D eigenvalue weighted by Crippen LogP contribution is 2.26. The van der Waals surface area contributed by atoms with E-state index < -0.39 is 17.8 Å². The molecule has 4 heteroatoms. The molecule has 3 aromatic carbocycles. The van der Waals surface area contributed by atoms with E-state index in [1.807, 2.05) is 42.5 Å². The highest BCUT2D eigenvalue weighted by Gasteiger charge is 2.17. The monoisotopic (exact) mass is 309 g/mol. The number of hydrogen-bond donors (Lipinski definition) is 1. The zero-order valence-electron chi connectivity index (χ0n) is 12.6. The fourth-order valence-electron chi connectivity index (χ4n) is 2.34. The Kier molecular flexibility index (Phi) is 4.24. The average Bonchev–Trinajstić information content (AvgIpc) is 2.57. The summed E-state index contributed by atoms with van der Waals surface area (Å²) in [6.45, 7) is 1.64. The Morgan fingerprint density at radius 3 is 2.52 bits per heavy atom. The molecule has 3 aromatic rings. The van der Waals surface area contributed by atoms with Gasteiger partial charge in [0.15, 0.2) is 6.10 Å². The van der Waals surface area contributed by atoms with E-state index in [9.17, 15) is 9.18 Å². The van der Waals surface area contributed by atoms with Gasteiger partial charge >= 0.3 is 0 Å². The smallest absolute Gasteiger partial charge is 0.265 e. The first-order valence-electron chi connectivity index (χ1n) is 7.35. The molecule has 3 rings (SSSR count). The lowest BCUT2D eigenvalue weighted by Crippen LogP contribution is -2.30. The van der Waals surface area contributed by atoms with Crippen molar-refractivity contribution in [2.45, 2.75) is 13.0 Å². The van der Waals surface area contributed by atoms with E-state index in [1.54, 1.807) is 19.1 Å². The van der Waals surface area contributed by atoms with E-state index in [2.05, 4.69) is 5.32 Å². The van der Waals surface area contributed by atoms with Crippen molar-refractivity contribution in [2.24, 2.45) is 0 Å². The number of carbonyl (C=O) groups excluding carboxylic acids is 1. The number of fused-ring (bicyclic) bond motifs is 1. The normalized spacial score (nSPS) is 11.9. The SMILES string of the molecule is C[C@H](Oc1cccc2ccccc12)C(=O)Nc1ccccc1F. The standard InChI is InChI=1S/C19H16FNO2/c1-13(19(22)21-17-11-5-4-10-16(17)20)23-18-12-6-8-14-7-2-3-9-15(14)18/h2-13H,1H3,(H,21,22)/t13-/m0/s1. The molecule has 0 heterocycles. The molecule has 0 fully saturated rings. The molecule has 0 aromatic heterocycles. The van der Waals surface area contributed by atoms with Crippen LogP contribution in [0.2, 0.25) is 0 Å². The molecule has 0 aliphatic rings. The maximum absolute atomic E-state index is 13.6. The Balaban J connectivity index is 1.77. The van der Waals surface area contributed by atoms with Crippen LogP contribution in [0.4, 0.5) is 10.1 Å². The molecule has 0 unspecified atom stereocenters. The Morgan fingerprint density at radius 1 is 1.00 bits per heavy atom. The van der Waals surface area contributed by atoms with Gasteiger partial charge in [0.05, 0.1) is 5.69 Å². The molecule has 116 valence electrons. The Hall–Kier alpha value is -2.88. The maximum Gasteiger partial charge on any atom is 0.265 e. The molecule has 0 bridgehead atoms. The van der Waals surface area contributed by atoms with Crippen LogP contribution in [0, 0.1) is 5.82 Å². The number of carbonyl (C=O) groups is 1. The lowest BCUT2D eigenvalue weighted by atomic mass is 10.1. The molecule has 0 saturated heterocycles. The largest absolute Gasteiger partial charge is 0.480 e. The molecule has 0 aliphatic carbocycles. The number of halogens is 1. The Bertz CT molecular complexity index is 842. The molecule has 0 spiro atoms. The first kappa shape index (κ1) is 15.0. The summed E-state index contributed by atoms with van der Waals surface area (Å²) in [6, 6.07) is 19.5. The summed E-state index contributed by atoms with van der Waals surface area (Å²) in [4.78, 5) is 12.2. The number of hydrogen-bond acceptors (Lipinski definition) is 2. The summed E-state index contributed by atoms with van der Waals surface area (Å²) in [5.74, 6) is -0.250. The highest BCUT2D eigenvalue weighted by atomic mass is 19.1. The van der Waals surface area contributed by atoms with Gasteiger partial charge in [0.1, 0.15) is 11.6 Å². The zero-order valence-corrected chi connectivity index (χ0v) is 12.6. The maximum atomic E-state index is 13.6. The van der Waals surface area contributed by atoms with Crippen LogP contribution in [-0.4, -0.2) is 12.0 Å². The Morgan fingerprint density at radius 2 is 1.70 bits per heavy atom. The third-order valence-electron chi connectivity index (χ3n) is 3.55. The third-order valence-corrected chi connectivity index (χ3v) is 3.55. The number of benzene rings is 3. The van der Waals surface area contributed by atoms with Gasteiger partial charge < -0.3 is 10.1 Å². The number of ether oxygens (including phenoxy) is 1. The molecule has 1 N–H and O–H groups in total. The van der Waals surface area contributed by atoms with E-state index in [0.717, 1.165) is 10.8 Å². The van der Waals surface area contributed by atoms with Gasteiger partial charge in [0.25, 0.3) is 5.91 Å². The van der Waals surface area contributed by atoms with Crippen LogP contribution in [0.1, 0.15) is 6.92 Å². The molecule has 1 amide bonds. The lowest BCUT2D eigenvalue weighted by Gasteiger charge is -2.16. The van der Waals surface area contributed by atoms with Crippen LogP contribution in [0.25, 0.3) is 10.8 Å². The predicted molar refractivity (Wildman–Crippen MR) is 89.1 cm³/mol. The number of nitrogens with one attached hydrogen (secondary N) is 1. The van der Waals surface area contributed by atoms with Crippen molar-refractivity contribution in [3.05, 3.63) is 72.5 Å². The van der Waals surface area contributed by atoms with Gasteiger partial charge in [-0.1, -0.05) is 48.5 Å². The van der Waals surface area contributed by atoms with Gasteiger partial charge in [0.2, 0.25) is 0 Å². The third kappa shape index (κ3) is 3.31. The van der Waals surface area contributed by atoms with Crippen molar-refractivity contribution >= 4 is 22.4 Å². The predicted octanol–water partition coefficient (Wildman–Crippen LogP) is 4.38. The number of anilines is 1. The zero-order chi connectivity index (χ0) is 16.2. The van der Waals surface area contributed by atoms with Crippen LogP contribution in [0.15, 0.2) is 66.7 Å². The molecular weight excluding hydrogens is 293 g/mol. The van der Waals surface area contributed by atoms with Crippen LogP contribution in [0.3, 0.4) is 0 Å². The fourth-order valence-corrected chi connectivity index (χ4v) is 2.34. The van der Waals surface area contributed by atoms with E-state index in [1.165, 1.54) is 12.1 Å². The Labute approximate surface area is 133 Å². The van der Waals surface area contributed by atoms with Crippen LogP contribution >= 0.6 is 0 Å². The van der Waals surface area contributed by atoms with Gasteiger partial charge in [0, 0.05) is 5.39 Å². The quantitative estimate of drug-likeness (QED) is 0.776. The van der Waals surface area contributed by atoms with E-state index in [-0.39, 0.29) is 5.69 Å². The number of para-hydroxylation sites is 1. The average molecular weight is 309 g/mol. The second kappa shape index (κ2) is 6.48. The topological polar surface area (TPSA) is 38.3 Å². The summed E-state index contributed by atoms with van der Waals surface area (Å²) >= 11 is 0. The molecule has 23 heavy (non-hydrogen) atoms. The summed E-state index contributed by atoms with van der Waals surface area (Å²) < 4.78 is 19.4. The minimum atomic E-state index is -0.750. The van der Waals surface area contributed by atoms with E-state index >= 15 is 0 Å². The summed E-state index contributed by atoms with van der Waals surface area (Å²) in [7, 11) is 0. The van der Waals surface area contributed by atoms with E-state index in [4.69, 9.17) is 4.74 Å². The van der Waals surface area contributed by atoms with Gasteiger partial charge in [-0.15, -0.1) is 0 Å². The first-order chi connectivity index (χ1) is 11.1. The van der Waals surface area contributed by atoms with Crippen molar-refractivity contribution in [3.8, 4) is 5.75 Å². The van der Waals surface area contributed by atoms with Crippen molar-refractivity contribution in [3.63, 3.8) is 0 Å². The van der Waals surface area contributed by atoms with Crippen molar-refractivity contribution in [1.29, 1.82) is 0 Å². The van der Waals surface area contributed by atoms with Gasteiger partial charge in [-0.05, 0) is 30.5 Å². The number of amides is 1.